The van der Waals surface area contributed by atoms with Gasteiger partial charge >= 0.3 is 0 Å². The normalized spacial score (nSPS) is 18.4. The van der Waals surface area contributed by atoms with Crippen molar-refractivity contribution in [3.63, 3.8) is 0 Å². The molecule has 0 aromatic heterocycles. The number of unbranched alkanes of at least 4 members (excludes halogenated alkanes) is 2. The number of nitrogens with zero attached hydrogens (tertiary/aromatic N) is 2. The standard InChI is InChI=1S/C19H31N3O/c1-20-19(21-12-7-4-8-14-23-2)22-13-11-18(16-22)15-17-9-5-3-6-10-17/h3,5-6,9-10,18H,4,7-8,11-16H2,1-2H3,(H,20,21). The number of hydrogen-bond acceptors (Lipinski definition) is 2. The lowest BCUT2D eigenvalue weighted by molar-refractivity contribution is 0.192. The van der Waals surface area contributed by atoms with Gasteiger partial charge in [-0.05, 0) is 43.6 Å². The van der Waals surface area contributed by atoms with E-state index in [1.807, 2.05) is 7.05 Å². The third-order valence-electron chi connectivity index (χ3n) is 4.47. The fourth-order valence-corrected chi connectivity index (χ4v) is 3.22. The molecule has 0 saturated carbocycles. The van der Waals surface area contributed by atoms with Gasteiger partial charge in [-0.1, -0.05) is 30.3 Å². The summed E-state index contributed by atoms with van der Waals surface area (Å²) in [4.78, 5) is 6.86. The van der Waals surface area contributed by atoms with Crippen molar-refractivity contribution < 1.29 is 4.74 Å². The second kappa shape index (κ2) is 10.3. The molecule has 0 aliphatic carbocycles. The number of likely N-dealkylation sites (tertiary alicyclic amines) is 1. The molecule has 0 bridgehead atoms. The highest BCUT2D eigenvalue weighted by Crippen LogP contribution is 2.20. The maximum absolute atomic E-state index is 5.08. The lowest BCUT2D eigenvalue weighted by Crippen LogP contribution is -2.40. The van der Waals surface area contributed by atoms with Crippen molar-refractivity contribution in [2.75, 3.05) is 40.4 Å². The molecule has 1 aromatic rings. The van der Waals surface area contributed by atoms with E-state index in [1.165, 1.54) is 31.2 Å². The van der Waals surface area contributed by atoms with Gasteiger partial charge in [0.25, 0.3) is 0 Å². The first-order valence-electron chi connectivity index (χ1n) is 8.82. The molecule has 0 radical (unpaired) electrons. The maximum Gasteiger partial charge on any atom is 0.193 e. The molecular weight excluding hydrogens is 286 g/mol. The monoisotopic (exact) mass is 317 g/mol. The minimum atomic E-state index is 0.734. The number of guanidine groups is 1. The number of benzene rings is 1. The lowest BCUT2D eigenvalue weighted by Gasteiger charge is -2.21. The van der Waals surface area contributed by atoms with Crippen LogP contribution in [0.5, 0.6) is 0 Å². The van der Waals surface area contributed by atoms with Gasteiger partial charge in [-0.25, -0.2) is 0 Å². The number of ether oxygens (including phenoxy) is 1. The van der Waals surface area contributed by atoms with Gasteiger partial charge in [-0.3, -0.25) is 4.99 Å². The predicted molar refractivity (Wildman–Crippen MR) is 96.9 cm³/mol. The maximum atomic E-state index is 5.08. The van der Waals surface area contributed by atoms with Crippen LogP contribution in [0, 0.1) is 5.92 Å². The van der Waals surface area contributed by atoms with Crippen LogP contribution in [0.3, 0.4) is 0 Å². The first-order valence-corrected chi connectivity index (χ1v) is 8.82. The minimum Gasteiger partial charge on any atom is -0.385 e. The molecule has 1 heterocycles. The van der Waals surface area contributed by atoms with Gasteiger partial charge in [0.1, 0.15) is 0 Å². The molecule has 4 nitrogen and oxygen atoms in total. The highest BCUT2D eigenvalue weighted by atomic mass is 16.5. The van der Waals surface area contributed by atoms with Gasteiger partial charge in [0.2, 0.25) is 0 Å². The Morgan fingerprint density at radius 2 is 2.09 bits per heavy atom. The smallest absolute Gasteiger partial charge is 0.193 e. The van der Waals surface area contributed by atoms with Crippen LogP contribution in [0.4, 0.5) is 0 Å². The fourth-order valence-electron chi connectivity index (χ4n) is 3.22. The molecule has 1 aromatic carbocycles. The van der Waals surface area contributed by atoms with Crippen LogP contribution in [-0.2, 0) is 11.2 Å². The zero-order valence-electron chi connectivity index (χ0n) is 14.6. The first-order chi connectivity index (χ1) is 11.3. The summed E-state index contributed by atoms with van der Waals surface area (Å²) in [5, 5.41) is 3.51. The summed E-state index contributed by atoms with van der Waals surface area (Å²) in [6.45, 7) is 4.08. The third-order valence-corrected chi connectivity index (χ3v) is 4.47. The molecule has 128 valence electrons. The van der Waals surface area contributed by atoms with Gasteiger partial charge in [-0.15, -0.1) is 0 Å². The highest BCUT2D eigenvalue weighted by molar-refractivity contribution is 5.80. The Hall–Kier alpha value is -1.55. The van der Waals surface area contributed by atoms with E-state index in [9.17, 15) is 0 Å². The van der Waals surface area contributed by atoms with E-state index >= 15 is 0 Å². The number of hydrogen-bond donors (Lipinski definition) is 1. The Morgan fingerprint density at radius 1 is 1.26 bits per heavy atom. The molecule has 23 heavy (non-hydrogen) atoms. The predicted octanol–water partition coefficient (Wildman–Crippen LogP) is 2.94. The first kappa shape index (κ1) is 17.8. The molecule has 2 rings (SSSR count). The second-order valence-electron chi connectivity index (χ2n) is 6.32. The number of methoxy groups -OCH3 is 1. The summed E-state index contributed by atoms with van der Waals surface area (Å²) in [5.41, 5.74) is 1.44. The Morgan fingerprint density at radius 3 is 2.83 bits per heavy atom. The molecule has 1 aliphatic heterocycles. The van der Waals surface area contributed by atoms with Crippen LogP contribution in [0.15, 0.2) is 35.3 Å². The van der Waals surface area contributed by atoms with E-state index < -0.39 is 0 Å². The second-order valence-corrected chi connectivity index (χ2v) is 6.32. The van der Waals surface area contributed by atoms with Crippen molar-refractivity contribution in [1.82, 2.24) is 10.2 Å². The molecule has 1 aliphatic rings. The summed E-state index contributed by atoms with van der Waals surface area (Å²) in [6, 6.07) is 10.8. The van der Waals surface area contributed by atoms with Crippen LogP contribution >= 0.6 is 0 Å². The van der Waals surface area contributed by atoms with Crippen molar-refractivity contribution >= 4 is 5.96 Å². The molecule has 1 fully saturated rings. The van der Waals surface area contributed by atoms with Gasteiger partial charge in [-0.2, -0.15) is 0 Å². The van der Waals surface area contributed by atoms with Crippen LogP contribution < -0.4 is 5.32 Å². The Labute approximate surface area is 140 Å². The van der Waals surface area contributed by atoms with Crippen LogP contribution in [0.25, 0.3) is 0 Å². The summed E-state index contributed by atoms with van der Waals surface area (Å²) in [7, 11) is 3.65. The molecule has 1 atom stereocenters. The number of nitrogens with one attached hydrogen (secondary N) is 1. The van der Waals surface area contributed by atoms with Crippen molar-refractivity contribution in [3.05, 3.63) is 35.9 Å². The number of rotatable bonds is 8. The molecular formula is C19H31N3O. The zero-order chi connectivity index (χ0) is 16.3. The third kappa shape index (κ3) is 6.22. The topological polar surface area (TPSA) is 36.9 Å². The van der Waals surface area contributed by atoms with E-state index in [4.69, 9.17) is 4.74 Å². The SMILES string of the molecule is CN=C(NCCCCCOC)N1CCC(Cc2ccccc2)C1. The van der Waals surface area contributed by atoms with E-state index in [0.717, 1.165) is 44.5 Å². The average molecular weight is 317 g/mol. The van der Waals surface area contributed by atoms with Gasteiger partial charge < -0.3 is 15.0 Å². The van der Waals surface area contributed by atoms with E-state index in [1.54, 1.807) is 7.11 Å². The average Bonchev–Trinajstić information content (AvgIpc) is 3.03. The molecule has 0 spiro atoms. The van der Waals surface area contributed by atoms with E-state index in [0.29, 0.717) is 0 Å². The van der Waals surface area contributed by atoms with Crippen LogP contribution in [-0.4, -0.2) is 51.3 Å². The molecule has 4 heteroatoms. The molecule has 1 unspecified atom stereocenters. The van der Waals surface area contributed by atoms with Crippen LogP contribution in [0.2, 0.25) is 0 Å². The van der Waals surface area contributed by atoms with Crippen molar-refractivity contribution in [1.29, 1.82) is 0 Å². The number of aliphatic imine (C=N–C) groups is 1. The highest BCUT2D eigenvalue weighted by Gasteiger charge is 2.24. The molecule has 1 saturated heterocycles. The minimum absolute atomic E-state index is 0.734. The fraction of sp³-hybridized carbons (Fsp3) is 0.632. The summed E-state index contributed by atoms with van der Waals surface area (Å²) in [5.74, 6) is 1.80. The lowest BCUT2D eigenvalue weighted by atomic mass is 9.99. The quantitative estimate of drug-likeness (QED) is 0.455. The Bertz CT molecular complexity index is 461. The summed E-state index contributed by atoms with van der Waals surface area (Å²) in [6.07, 6.45) is 5.94. The summed E-state index contributed by atoms with van der Waals surface area (Å²) >= 11 is 0. The Balaban J connectivity index is 1.69. The van der Waals surface area contributed by atoms with E-state index in [-0.39, 0.29) is 0 Å². The van der Waals surface area contributed by atoms with Crippen molar-refractivity contribution in [2.45, 2.75) is 32.1 Å². The summed E-state index contributed by atoms with van der Waals surface area (Å²) < 4.78 is 5.08. The van der Waals surface area contributed by atoms with Gasteiger partial charge in [0.05, 0.1) is 0 Å². The Kier molecular flexibility index (Phi) is 7.95. The van der Waals surface area contributed by atoms with E-state index in [2.05, 4.69) is 45.5 Å². The molecule has 1 N–H and O–H groups in total. The van der Waals surface area contributed by atoms with Crippen molar-refractivity contribution in [3.8, 4) is 0 Å². The van der Waals surface area contributed by atoms with Gasteiger partial charge in [0.15, 0.2) is 5.96 Å². The van der Waals surface area contributed by atoms with Crippen molar-refractivity contribution in [2.24, 2.45) is 10.9 Å². The molecule has 0 amide bonds. The van der Waals surface area contributed by atoms with Crippen LogP contribution in [0.1, 0.15) is 31.2 Å². The zero-order valence-corrected chi connectivity index (χ0v) is 14.6. The largest absolute Gasteiger partial charge is 0.385 e. The van der Waals surface area contributed by atoms with Gasteiger partial charge in [0, 0.05) is 40.4 Å².